The number of nitrogens with one attached hydrogen (secondary N) is 1. The molecule has 3 rings (SSSR count). The Balaban J connectivity index is 1.84. The molecule has 1 saturated heterocycles. The second-order valence-electron chi connectivity index (χ2n) is 4.45. The predicted molar refractivity (Wildman–Crippen MR) is 64.7 cm³/mol. The monoisotopic (exact) mass is 245 g/mol. The molecule has 0 radical (unpaired) electrons. The van der Waals surface area contributed by atoms with Crippen molar-refractivity contribution in [2.75, 3.05) is 6.54 Å². The molecule has 0 aromatic carbocycles. The first kappa shape index (κ1) is 11.3. The van der Waals surface area contributed by atoms with Crippen LogP contribution in [-0.2, 0) is 0 Å². The zero-order valence-electron chi connectivity index (χ0n) is 10.3. The highest BCUT2D eigenvalue weighted by molar-refractivity contribution is 5.47. The van der Waals surface area contributed by atoms with Crippen molar-refractivity contribution in [3.05, 3.63) is 24.0 Å². The summed E-state index contributed by atoms with van der Waals surface area (Å²) < 4.78 is 5.31. The summed E-state index contributed by atoms with van der Waals surface area (Å²) in [7, 11) is 0. The molecule has 2 aromatic rings. The molecule has 0 bridgehead atoms. The molecule has 3 heterocycles. The summed E-state index contributed by atoms with van der Waals surface area (Å²) in [5.41, 5.74) is 0.702. The van der Waals surface area contributed by atoms with Gasteiger partial charge >= 0.3 is 0 Å². The van der Waals surface area contributed by atoms with Crippen LogP contribution in [0.5, 0.6) is 0 Å². The molecule has 0 aliphatic carbocycles. The maximum atomic E-state index is 5.31. The molecule has 1 fully saturated rings. The summed E-state index contributed by atoms with van der Waals surface area (Å²) in [5.74, 6) is 1.89. The van der Waals surface area contributed by atoms with Crippen molar-refractivity contribution >= 4 is 0 Å². The number of nitrogens with zero attached hydrogens (tertiary/aromatic N) is 4. The lowest BCUT2D eigenvalue weighted by Gasteiger charge is -2.19. The van der Waals surface area contributed by atoms with Gasteiger partial charge in [0.15, 0.2) is 0 Å². The summed E-state index contributed by atoms with van der Waals surface area (Å²) in [5, 5.41) is 7.37. The maximum Gasteiger partial charge on any atom is 0.244 e. The minimum absolute atomic E-state index is 0.183. The van der Waals surface area contributed by atoms with E-state index < -0.39 is 0 Å². The summed E-state index contributed by atoms with van der Waals surface area (Å²) in [4.78, 5) is 12.8. The zero-order valence-corrected chi connectivity index (χ0v) is 10.3. The van der Waals surface area contributed by atoms with Crippen LogP contribution in [0.3, 0.4) is 0 Å². The average Bonchev–Trinajstić information content (AvgIpc) is 2.89. The fraction of sp³-hybridized carbons (Fsp3) is 0.500. The predicted octanol–water partition coefficient (Wildman–Crippen LogP) is 1.65. The van der Waals surface area contributed by atoms with Crippen LogP contribution in [-0.4, -0.2) is 26.7 Å². The van der Waals surface area contributed by atoms with Crippen molar-refractivity contribution in [3.8, 4) is 11.5 Å². The third-order valence-corrected chi connectivity index (χ3v) is 3.06. The highest BCUT2D eigenvalue weighted by Crippen LogP contribution is 2.23. The highest BCUT2D eigenvalue weighted by Gasteiger charge is 2.21. The minimum Gasteiger partial charge on any atom is -0.337 e. The molecule has 1 aliphatic heterocycles. The summed E-state index contributed by atoms with van der Waals surface area (Å²) in [6, 6.07) is 1.97. The molecular weight excluding hydrogens is 230 g/mol. The maximum absolute atomic E-state index is 5.31. The van der Waals surface area contributed by atoms with E-state index in [1.807, 2.05) is 6.92 Å². The quantitative estimate of drug-likeness (QED) is 0.866. The molecule has 1 aliphatic rings. The molecule has 0 amide bonds. The molecule has 18 heavy (non-hydrogen) atoms. The number of rotatable bonds is 2. The van der Waals surface area contributed by atoms with Gasteiger partial charge in [-0.3, -0.25) is 0 Å². The normalized spacial score (nSPS) is 19.9. The molecule has 2 aromatic heterocycles. The number of hydrogen-bond donors (Lipinski definition) is 1. The first-order valence-electron chi connectivity index (χ1n) is 6.20. The fourth-order valence-electron chi connectivity index (χ4n) is 2.12. The lowest BCUT2D eigenvalue weighted by molar-refractivity contribution is 0.297. The number of hydrogen-bond acceptors (Lipinski definition) is 6. The summed E-state index contributed by atoms with van der Waals surface area (Å²) in [6.45, 7) is 2.85. The Bertz CT molecular complexity index is 533. The standard InChI is InChI=1S/C12H15N5O/c1-8-13-7-5-9(15-8)11-16-12(18-17-11)10-4-2-3-6-14-10/h5,7,10,14H,2-4,6H2,1H3/t10-/m0/s1. The van der Waals surface area contributed by atoms with Gasteiger partial charge < -0.3 is 9.84 Å². The van der Waals surface area contributed by atoms with Gasteiger partial charge in [-0.15, -0.1) is 0 Å². The topological polar surface area (TPSA) is 76.7 Å². The molecule has 0 spiro atoms. The lowest BCUT2D eigenvalue weighted by Crippen LogP contribution is -2.26. The van der Waals surface area contributed by atoms with E-state index in [9.17, 15) is 0 Å². The summed E-state index contributed by atoms with van der Waals surface area (Å²) >= 11 is 0. The SMILES string of the molecule is Cc1nccc(-c2noc([C@@H]3CCCCN3)n2)n1. The van der Waals surface area contributed by atoms with Crippen molar-refractivity contribution in [2.45, 2.75) is 32.2 Å². The van der Waals surface area contributed by atoms with Gasteiger partial charge in [0.05, 0.1) is 6.04 Å². The van der Waals surface area contributed by atoms with Gasteiger partial charge in [0.2, 0.25) is 11.7 Å². The van der Waals surface area contributed by atoms with E-state index in [0.717, 1.165) is 13.0 Å². The third kappa shape index (κ3) is 2.24. The average molecular weight is 245 g/mol. The minimum atomic E-state index is 0.183. The van der Waals surface area contributed by atoms with E-state index >= 15 is 0 Å². The second kappa shape index (κ2) is 4.81. The van der Waals surface area contributed by atoms with Gasteiger partial charge in [0.1, 0.15) is 11.5 Å². The molecule has 1 N–H and O–H groups in total. The molecule has 6 heteroatoms. The van der Waals surface area contributed by atoms with Crippen LogP contribution in [0.1, 0.15) is 37.0 Å². The second-order valence-corrected chi connectivity index (χ2v) is 4.45. The van der Waals surface area contributed by atoms with Crippen LogP contribution in [0.2, 0.25) is 0 Å². The van der Waals surface area contributed by atoms with E-state index in [2.05, 4.69) is 25.4 Å². The smallest absolute Gasteiger partial charge is 0.244 e. The van der Waals surface area contributed by atoms with Crippen LogP contribution < -0.4 is 5.32 Å². The van der Waals surface area contributed by atoms with Crippen molar-refractivity contribution in [1.82, 2.24) is 25.4 Å². The first-order valence-corrected chi connectivity index (χ1v) is 6.20. The first-order chi connectivity index (χ1) is 8.83. The van der Waals surface area contributed by atoms with E-state index in [-0.39, 0.29) is 6.04 Å². The van der Waals surface area contributed by atoms with Crippen molar-refractivity contribution < 1.29 is 4.52 Å². The van der Waals surface area contributed by atoms with Crippen LogP contribution in [0.25, 0.3) is 11.5 Å². The molecule has 6 nitrogen and oxygen atoms in total. The van der Waals surface area contributed by atoms with E-state index in [1.54, 1.807) is 12.3 Å². The summed E-state index contributed by atoms with van der Waals surface area (Å²) in [6.07, 6.45) is 5.15. The van der Waals surface area contributed by atoms with E-state index in [1.165, 1.54) is 12.8 Å². The Kier molecular flexibility index (Phi) is 3.02. The largest absolute Gasteiger partial charge is 0.337 e. The van der Waals surface area contributed by atoms with Crippen LogP contribution >= 0.6 is 0 Å². The van der Waals surface area contributed by atoms with Gasteiger partial charge in [0.25, 0.3) is 0 Å². The van der Waals surface area contributed by atoms with Crippen molar-refractivity contribution in [3.63, 3.8) is 0 Å². The van der Waals surface area contributed by atoms with Crippen LogP contribution in [0, 0.1) is 6.92 Å². The molecule has 0 unspecified atom stereocenters. The van der Waals surface area contributed by atoms with Gasteiger partial charge in [-0.1, -0.05) is 11.6 Å². The Morgan fingerprint density at radius 2 is 2.28 bits per heavy atom. The molecule has 94 valence electrons. The molecule has 0 saturated carbocycles. The van der Waals surface area contributed by atoms with Gasteiger partial charge in [-0.05, 0) is 32.4 Å². The van der Waals surface area contributed by atoms with Crippen LogP contribution in [0.4, 0.5) is 0 Å². The number of piperidine rings is 1. The van der Waals surface area contributed by atoms with Crippen molar-refractivity contribution in [1.29, 1.82) is 0 Å². The fourth-order valence-corrected chi connectivity index (χ4v) is 2.12. The Hall–Kier alpha value is -1.82. The van der Waals surface area contributed by atoms with Gasteiger partial charge in [0, 0.05) is 6.20 Å². The Morgan fingerprint density at radius 3 is 3.06 bits per heavy atom. The van der Waals surface area contributed by atoms with E-state index in [4.69, 9.17) is 4.52 Å². The molecule has 1 atom stereocenters. The molecular formula is C12H15N5O. The third-order valence-electron chi connectivity index (χ3n) is 3.06. The number of aryl methyl sites for hydroxylation is 1. The Labute approximate surface area is 105 Å². The van der Waals surface area contributed by atoms with Gasteiger partial charge in [-0.2, -0.15) is 4.98 Å². The van der Waals surface area contributed by atoms with Gasteiger partial charge in [-0.25, -0.2) is 9.97 Å². The van der Waals surface area contributed by atoms with Crippen molar-refractivity contribution in [2.24, 2.45) is 0 Å². The van der Waals surface area contributed by atoms with E-state index in [0.29, 0.717) is 23.2 Å². The highest BCUT2D eigenvalue weighted by atomic mass is 16.5. The van der Waals surface area contributed by atoms with Crippen LogP contribution in [0.15, 0.2) is 16.8 Å². The Morgan fingerprint density at radius 1 is 1.33 bits per heavy atom. The lowest BCUT2D eigenvalue weighted by atomic mass is 10.1. The number of aromatic nitrogens is 4. The zero-order chi connectivity index (χ0) is 12.4.